The van der Waals surface area contributed by atoms with Gasteiger partial charge >= 0.3 is 20.4 Å². The van der Waals surface area contributed by atoms with Crippen molar-refractivity contribution in [1.82, 2.24) is 0 Å². The third-order valence-corrected chi connectivity index (χ3v) is 2.23. The fourth-order valence-electron chi connectivity index (χ4n) is 1.46. The van der Waals surface area contributed by atoms with Crippen molar-refractivity contribution in [3.63, 3.8) is 0 Å². The van der Waals surface area contributed by atoms with Crippen LogP contribution in [-0.4, -0.2) is 30.1 Å². The Bertz CT molecular complexity index is 366. The first kappa shape index (κ1) is 22.1. The van der Waals surface area contributed by atoms with Crippen LogP contribution in [0.4, 0.5) is 5.69 Å². The predicted molar refractivity (Wildman–Crippen MR) is 81.0 cm³/mol. The van der Waals surface area contributed by atoms with E-state index in [1.807, 2.05) is 30.3 Å². The molecule has 5 nitrogen and oxygen atoms in total. The van der Waals surface area contributed by atoms with Crippen LogP contribution in [0, 0.1) is 0 Å². The SMILES string of the molecule is C1CC[N-]CC1.CC(=O)Nc1ccccc1.CC(=O)O.[Pd+2]. The van der Waals surface area contributed by atoms with Crippen molar-refractivity contribution in [2.75, 3.05) is 18.4 Å². The van der Waals surface area contributed by atoms with Crippen LogP contribution in [0.15, 0.2) is 30.3 Å². The molecular formula is C15H23N2O3Pd+. The number of aliphatic carboxylic acids is 1. The van der Waals surface area contributed by atoms with Crippen molar-refractivity contribution in [3.8, 4) is 0 Å². The zero-order valence-corrected chi connectivity index (χ0v) is 14.0. The molecule has 0 saturated carbocycles. The summed E-state index contributed by atoms with van der Waals surface area (Å²) >= 11 is 0. The Labute approximate surface area is 140 Å². The van der Waals surface area contributed by atoms with Gasteiger partial charge in [-0.3, -0.25) is 9.59 Å². The van der Waals surface area contributed by atoms with Crippen molar-refractivity contribution >= 4 is 17.6 Å². The van der Waals surface area contributed by atoms with Gasteiger partial charge in [0, 0.05) is 19.5 Å². The van der Waals surface area contributed by atoms with E-state index in [1.165, 1.54) is 26.2 Å². The molecule has 0 aromatic heterocycles. The van der Waals surface area contributed by atoms with Crippen molar-refractivity contribution in [1.29, 1.82) is 0 Å². The van der Waals surface area contributed by atoms with Gasteiger partial charge in [-0.1, -0.05) is 37.5 Å². The Morgan fingerprint density at radius 1 is 1.05 bits per heavy atom. The van der Waals surface area contributed by atoms with E-state index >= 15 is 0 Å². The van der Waals surface area contributed by atoms with Crippen LogP contribution in [0.2, 0.25) is 0 Å². The minimum atomic E-state index is -0.833. The van der Waals surface area contributed by atoms with Crippen LogP contribution in [0.25, 0.3) is 5.32 Å². The molecule has 0 bridgehead atoms. The average Bonchev–Trinajstić information content (AvgIpc) is 2.41. The monoisotopic (exact) mass is 385 g/mol. The van der Waals surface area contributed by atoms with Gasteiger partial charge < -0.3 is 15.7 Å². The molecule has 0 spiro atoms. The van der Waals surface area contributed by atoms with E-state index in [0.29, 0.717) is 0 Å². The molecule has 0 atom stereocenters. The van der Waals surface area contributed by atoms with Crippen LogP contribution >= 0.6 is 0 Å². The number of nitrogens with one attached hydrogen (secondary N) is 1. The number of carboxylic acids is 1. The van der Waals surface area contributed by atoms with Gasteiger partial charge in [-0.2, -0.15) is 0 Å². The Kier molecular flexibility index (Phi) is 15.9. The van der Waals surface area contributed by atoms with Gasteiger partial charge in [0.25, 0.3) is 5.97 Å². The van der Waals surface area contributed by atoms with E-state index in [1.54, 1.807) is 0 Å². The maximum absolute atomic E-state index is 10.5. The van der Waals surface area contributed by atoms with Gasteiger partial charge in [0.15, 0.2) is 0 Å². The number of para-hydroxylation sites is 1. The van der Waals surface area contributed by atoms with Crippen LogP contribution in [0.5, 0.6) is 0 Å². The van der Waals surface area contributed by atoms with Crippen LogP contribution in [-0.2, 0) is 30.0 Å². The first-order valence-electron chi connectivity index (χ1n) is 6.67. The molecule has 21 heavy (non-hydrogen) atoms. The number of amides is 1. The largest absolute Gasteiger partial charge is 2.00 e. The molecule has 0 unspecified atom stereocenters. The average molecular weight is 386 g/mol. The van der Waals surface area contributed by atoms with Gasteiger partial charge in [-0.15, -0.1) is 13.1 Å². The van der Waals surface area contributed by atoms with E-state index in [9.17, 15) is 4.79 Å². The standard InChI is InChI=1S/C8H9NO.C5H10N.C2H4O2.Pd/c1-7(10)9-8-5-3-2-4-6-8;1-2-4-6-5-3-1;1-2(3)4;/h2-6H,1H3,(H,9,10);1-5H2;1H3,(H,3,4);/q;-1;;+2. The van der Waals surface area contributed by atoms with Crippen molar-refractivity contribution in [2.24, 2.45) is 0 Å². The van der Waals surface area contributed by atoms with Gasteiger partial charge in [0.1, 0.15) is 0 Å². The molecule has 0 aliphatic carbocycles. The molecule has 6 heteroatoms. The Balaban J connectivity index is 0. The van der Waals surface area contributed by atoms with Crippen LogP contribution in [0.1, 0.15) is 33.1 Å². The van der Waals surface area contributed by atoms with Gasteiger partial charge in [-0.25, -0.2) is 0 Å². The Hall–Kier alpha value is -1.22. The summed E-state index contributed by atoms with van der Waals surface area (Å²) in [5.74, 6) is -0.869. The minimum absolute atomic E-state index is 0. The van der Waals surface area contributed by atoms with E-state index in [-0.39, 0.29) is 26.3 Å². The van der Waals surface area contributed by atoms with E-state index in [2.05, 4.69) is 10.6 Å². The molecule has 1 amide bonds. The van der Waals surface area contributed by atoms with Crippen molar-refractivity contribution in [3.05, 3.63) is 35.6 Å². The molecule has 2 rings (SSSR count). The zero-order valence-electron chi connectivity index (χ0n) is 12.4. The normalized spacial score (nSPS) is 12.3. The van der Waals surface area contributed by atoms with Gasteiger partial charge in [0.2, 0.25) is 5.91 Å². The minimum Gasteiger partial charge on any atom is -0.662 e. The van der Waals surface area contributed by atoms with Crippen molar-refractivity contribution < 1.29 is 35.1 Å². The smallest absolute Gasteiger partial charge is 0.662 e. The zero-order chi connectivity index (χ0) is 15.2. The number of anilines is 1. The second-order valence-corrected chi connectivity index (χ2v) is 4.30. The molecule has 1 aromatic rings. The topological polar surface area (TPSA) is 80.5 Å². The molecule has 1 fully saturated rings. The van der Waals surface area contributed by atoms with Gasteiger partial charge in [0.05, 0.1) is 0 Å². The summed E-state index contributed by atoms with van der Waals surface area (Å²) in [6, 6.07) is 9.37. The third-order valence-electron chi connectivity index (χ3n) is 2.23. The molecule has 120 valence electrons. The summed E-state index contributed by atoms with van der Waals surface area (Å²) in [5.41, 5.74) is 0.843. The molecule has 0 radical (unpaired) electrons. The van der Waals surface area contributed by atoms with E-state index in [4.69, 9.17) is 9.90 Å². The quantitative estimate of drug-likeness (QED) is 0.728. The van der Waals surface area contributed by atoms with Crippen molar-refractivity contribution in [2.45, 2.75) is 33.1 Å². The van der Waals surface area contributed by atoms with Gasteiger partial charge in [-0.05, 0) is 12.1 Å². The van der Waals surface area contributed by atoms with E-state index in [0.717, 1.165) is 25.7 Å². The molecule has 1 heterocycles. The second kappa shape index (κ2) is 15.2. The Morgan fingerprint density at radius 2 is 1.52 bits per heavy atom. The molecule has 1 saturated heterocycles. The van der Waals surface area contributed by atoms with Crippen LogP contribution < -0.4 is 5.32 Å². The summed E-state index contributed by atoms with van der Waals surface area (Å²) < 4.78 is 0. The molecule has 1 aliphatic rings. The maximum atomic E-state index is 10.5. The summed E-state index contributed by atoms with van der Waals surface area (Å²) in [7, 11) is 0. The predicted octanol–water partition coefficient (Wildman–Crippen LogP) is 3.28. The fraction of sp³-hybridized carbons (Fsp3) is 0.467. The first-order valence-corrected chi connectivity index (χ1v) is 6.67. The number of benzene rings is 1. The number of rotatable bonds is 1. The number of carboxylic acid groups (broad SMARTS) is 1. The second-order valence-electron chi connectivity index (χ2n) is 4.30. The number of hydrogen-bond acceptors (Lipinski definition) is 2. The summed E-state index contributed by atoms with van der Waals surface area (Å²) in [6.45, 7) is 4.83. The molecule has 1 aromatic carbocycles. The third kappa shape index (κ3) is 18.8. The molecule has 1 aliphatic heterocycles. The summed E-state index contributed by atoms with van der Waals surface area (Å²) in [4.78, 5) is 19.5. The van der Waals surface area contributed by atoms with Crippen LogP contribution in [0.3, 0.4) is 0 Å². The summed E-state index contributed by atoms with van der Waals surface area (Å²) in [5, 5.41) is 14.3. The summed E-state index contributed by atoms with van der Waals surface area (Å²) in [6.07, 6.45) is 4.07. The maximum Gasteiger partial charge on any atom is 2.00 e. The fourth-order valence-corrected chi connectivity index (χ4v) is 1.46. The number of carbonyl (C=O) groups is 2. The molecule has 2 N–H and O–H groups in total. The Morgan fingerprint density at radius 3 is 1.81 bits per heavy atom. The van der Waals surface area contributed by atoms with E-state index < -0.39 is 5.97 Å². The first-order chi connectivity index (χ1) is 9.52. The number of hydrogen-bond donors (Lipinski definition) is 2. The number of piperidine rings is 1. The molecular weight excluding hydrogens is 363 g/mol. The number of nitrogens with zero attached hydrogens (tertiary/aromatic N) is 1. The number of carbonyl (C=O) groups excluding carboxylic acids is 1.